The third-order valence-electron chi connectivity index (χ3n) is 0.705. The molecule has 84 valence electrons. The maximum Gasteiger partial charge on any atom is 0.490 e. The summed E-state index contributed by atoms with van der Waals surface area (Å²) in [6.45, 7) is 0. The van der Waals surface area contributed by atoms with Gasteiger partial charge >= 0.3 is 18.2 Å². The number of hydrogen-bond acceptors (Lipinski definition) is 4. The van der Waals surface area contributed by atoms with E-state index in [1.165, 1.54) is 14.2 Å². The van der Waals surface area contributed by atoms with Crippen molar-refractivity contribution in [3.63, 3.8) is 0 Å². The number of rotatable bonds is 0. The minimum absolute atomic E-state index is 0.542. The molecule has 0 saturated carbocycles. The maximum absolute atomic E-state index is 10.6. The molecule has 0 radical (unpaired) electrons. The molecule has 0 unspecified atom stereocenters. The van der Waals surface area contributed by atoms with E-state index >= 15 is 0 Å². The van der Waals surface area contributed by atoms with E-state index in [1.54, 1.807) is 0 Å². The van der Waals surface area contributed by atoms with Crippen molar-refractivity contribution in [2.75, 3.05) is 14.2 Å². The van der Waals surface area contributed by atoms with Gasteiger partial charge in [0, 0.05) is 7.05 Å². The highest BCUT2D eigenvalue weighted by atomic mass is 19.4. The van der Waals surface area contributed by atoms with Crippen molar-refractivity contribution < 1.29 is 32.6 Å². The number of hydrazine groups is 1. The molecular formula is C5H9F3N2O4. The van der Waals surface area contributed by atoms with Gasteiger partial charge in [0.2, 0.25) is 0 Å². The van der Waals surface area contributed by atoms with E-state index in [2.05, 4.69) is 4.74 Å². The predicted molar refractivity (Wildman–Crippen MR) is 38.0 cm³/mol. The van der Waals surface area contributed by atoms with E-state index in [0.717, 1.165) is 5.01 Å². The first-order valence-corrected chi connectivity index (χ1v) is 2.99. The smallest absolute Gasteiger partial charge is 0.475 e. The zero-order valence-corrected chi connectivity index (χ0v) is 7.33. The summed E-state index contributed by atoms with van der Waals surface area (Å²) in [5.41, 5.74) is 0. The number of carbonyl (C=O) groups is 2. The van der Waals surface area contributed by atoms with Gasteiger partial charge in [0.15, 0.2) is 0 Å². The fraction of sp³-hybridized carbons (Fsp3) is 0.600. The van der Waals surface area contributed by atoms with Crippen LogP contribution in [-0.4, -0.2) is 42.5 Å². The van der Waals surface area contributed by atoms with Gasteiger partial charge in [0.1, 0.15) is 0 Å². The molecule has 6 nitrogen and oxygen atoms in total. The molecule has 9 heteroatoms. The Morgan fingerprint density at radius 2 is 1.71 bits per heavy atom. The molecule has 0 fully saturated rings. The summed E-state index contributed by atoms with van der Waals surface area (Å²) in [7, 11) is 2.68. The molecule has 14 heavy (non-hydrogen) atoms. The van der Waals surface area contributed by atoms with Crippen LogP contribution >= 0.6 is 0 Å². The van der Waals surface area contributed by atoms with Gasteiger partial charge in [-0.15, -0.1) is 0 Å². The Bertz CT molecular complexity index is 202. The van der Waals surface area contributed by atoms with Gasteiger partial charge in [-0.05, 0) is 0 Å². The molecule has 0 aromatic rings. The lowest BCUT2D eigenvalue weighted by atomic mass is 10.7. The third-order valence-corrected chi connectivity index (χ3v) is 0.705. The second kappa shape index (κ2) is 6.02. The van der Waals surface area contributed by atoms with Crippen LogP contribution in [0.2, 0.25) is 0 Å². The van der Waals surface area contributed by atoms with Crippen molar-refractivity contribution in [3.05, 3.63) is 0 Å². The van der Waals surface area contributed by atoms with Gasteiger partial charge in [0.05, 0.1) is 7.11 Å². The first-order valence-electron chi connectivity index (χ1n) is 2.99. The highest BCUT2D eigenvalue weighted by Gasteiger charge is 2.38. The van der Waals surface area contributed by atoms with Crippen LogP contribution in [0.4, 0.5) is 18.0 Å². The van der Waals surface area contributed by atoms with Crippen LogP contribution in [-0.2, 0) is 9.53 Å². The highest BCUT2D eigenvalue weighted by molar-refractivity contribution is 5.73. The number of carboxylic acids is 1. The summed E-state index contributed by atoms with van der Waals surface area (Å²) in [5.74, 6) is 2.15. The number of ether oxygens (including phenoxy) is 1. The van der Waals surface area contributed by atoms with Crippen molar-refractivity contribution in [1.29, 1.82) is 0 Å². The number of nitrogens with zero attached hydrogens (tertiary/aromatic N) is 1. The molecule has 0 aliphatic rings. The number of amides is 1. The summed E-state index contributed by atoms with van der Waals surface area (Å²) in [6.07, 6.45) is -5.62. The Morgan fingerprint density at radius 1 is 1.43 bits per heavy atom. The van der Waals surface area contributed by atoms with E-state index in [1.807, 2.05) is 0 Å². The Hall–Kier alpha value is -1.51. The van der Waals surface area contributed by atoms with Gasteiger partial charge in [0.25, 0.3) is 0 Å². The second-order valence-corrected chi connectivity index (χ2v) is 1.88. The predicted octanol–water partition coefficient (Wildman–Crippen LogP) is 0.192. The molecule has 0 saturated heterocycles. The minimum Gasteiger partial charge on any atom is -0.475 e. The largest absolute Gasteiger partial charge is 0.490 e. The molecule has 0 spiro atoms. The number of carbonyl (C=O) groups excluding carboxylic acids is 1. The number of carboxylic acid groups (broad SMARTS) is 1. The van der Waals surface area contributed by atoms with E-state index in [0.29, 0.717) is 0 Å². The number of halogens is 3. The Balaban J connectivity index is 0. The average molecular weight is 218 g/mol. The number of hydrogen-bond donors (Lipinski definition) is 2. The van der Waals surface area contributed by atoms with E-state index < -0.39 is 18.2 Å². The summed E-state index contributed by atoms with van der Waals surface area (Å²) in [6, 6.07) is 0. The zero-order chi connectivity index (χ0) is 11.9. The molecule has 0 aliphatic carbocycles. The number of methoxy groups -OCH3 is 1. The molecule has 3 N–H and O–H groups in total. The topological polar surface area (TPSA) is 92.9 Å². The quantitative estimate of drug-likeness (QED) is 0.344. The van der Waals surface area contributed by atoms with Crippen LogP contribution in [0.3, 0.4) is 0 Å². The molecular weight excluding hydrogens is 209 g/mol. The van der Waals surface area contributed by atoms with Crippen LogP contribution in [0.5, 0.6) is 0 Å². The summed E-state index contributed by atoms with van der Waals surface area (Å²) in [5, 5.41) is 7.99. The summed E-state index contributed by atoms with van der Waals surface area (Å²) >= 11 is 0. The van der Waals surface area contributed by atoms with Gasteiger partial charge < -0.3 is 9.84 Å². The highest BCUT2D eigenvalue weighted by Crippen LogP contribution is 2.13. The fourth-order valence-corrected chi connectivity index (χ4v) is 0.144. The summed E-state index contributed by atoms with van der Waals surface area (Å²) in [4.78, 5) is 19.0. The number of aliphatic carboxylic acids is 1. The van der Waals surface area contributed by atoms with Crippen molar-refractivity contribution >= 4 is 12.1 Å². The van der Waals surface area contributed by atoms with E-state index in [9.17, 15) is 18.0 Å². The Kier molecular flexibility index (Phi) is 6.45. The molecule has 0 bridgehead atoms. The normalized spacial score (nSPS) is 9.57. The molecule has 0 aromatic heterocycles. The molecule has 0 heterocycles. The van der Waals surface area contributed by atoms with Crippen molar-refractivity contribution in [2.24, 2.45) is 5.84 Å². The molecule has 1 amide bonds. The van der Waals surface area contributed by atoms with E-state index in [4.69, 9.17) is 15.7 Å². The lowest BCUT2D eigenvalue weighted by Crippen LogP contribution is -2.32. The minimum atomic E-state index is -5.08. The fourth-order valence-electron chi connectivity index (χ4n) is 0.144. The lowest BCUT2D eigenvalue weighted by Gasteiger charge is -2.05. The van der Waals surface area contributed by atoms with Crippen molar-refractivity contribution in [1.82, 2.24) is 5.01 Å². The average Bonchev–Trinajstić information content (AvgIpc) is 2.02. The maximum atomic E-state index is 10.6. The first-order chi connectivity index (χ1) is 6.12. The monoisotopic (exact) mass is 218 g/mol. The van der Waals surface area contributed by atoms with Crippen molar-refractivity contribution in [2.45, 2.75) is 6.18 Å². The summed E-state index contributed by atoms with van der Waals surface area (Å²) < 4.78 is 35.9. The molecule has 0 rings (SSSR count). The van der Waals surface area contributed by atoms with Gasteiger partial charge in [-0.25, -0.2) is 20.4 Å². The SMILES string of the molecule is COC(=O)N(C)N.O=C(O)C(F)(F)F. The van der Waals surface area contributed by atoms with Gasteiger partial charge in [-0.1, -0.05) is 0 Å². The molecule has 0 aromatic carbocycles. The van der Waals surface area contributed by atoms with Crippen molar-refractivity contribution in [3.8, 4) is 0 Å². The first kappa shape index (κ1) is 15.0. The third kappa shape index (κ3) is 8.59. The Labute approximate surface area is 77.0 Å². The molecule has 0 atom stereocenters. The number of alkyl halides is 3. The molecule has 0 aliphatic heterocycles. The van der Waals surface area contributed by atoms with Gasteiger partial charge in [-0.3, -0.25) is 0 Å². The van der Waals surface area contributed by atoms with Crippen LogP contribution in [0, 0.1) is 0 Å². The zero-order valence-electron chi connectivity index (χ0n) is 7.33. The second-order valence-electron chi connectivity index (χ2n) is 1.88. The lowest BCUT2D eigenvalue weighted by molar-refractivity contribution is -0.192. The van der Waals surface area contributed by atoms with Crippen LogP contribution in [0.25, 0.3) is 0 Å². The Morgan fingerprint density at radius 3 is 1.71 bits per heavy atom. The van der Waals surface area contributed by atoms with Gasteiger partial charge in [-0.2, -0.15) is 13.2 Å². The van der Waals surface area contributed by atoms with Crippen LogP contribution in [0.1, 0.15) is 0 Å². The van der Waals surface area contributed by atoms with E-state index in [-0.39, 0.29) is 0 Å². The number of nitrogens with two attached hydrogens (primary N) is 1. The van der Waals surface area contributed by atoms with Crippen LogP contribution in [0.15, 0.2) is 0 Å². The standard InChI is InChI=1S/C3H8N2O2.C2HF3O2/c1-5(4)3(6)7-2;3-2(4,5)1(6)7/h4H2,1-2H3;(H,6,7). The van der Waals surface area contributed by atoms with Crippen LogP contribution < -0.4 is 5.84 Å².